The molecule has 1 fully saturated rings. The van der Waals surface area contributed by atoms with E-state index in [1.807, 2.05) is 4.90 Å². The molecule has 0 saturated carbocycles. The molecule has 0 bridgehead atoms. The van der Waals surface area contributed by atoms with E-state index in [1.165, 1.54) is 4.90 Å². The van der Waals surface area contributed by atoms with Gasteiger partial charge < -0.3 is 15.1 Å². The van der Waals surface area contributed by atoms with Crippen molar-refractivity contribution in [2.45, 2.75) is 13.0 Å². The third-order valence-electron chi connectivity index (χ3n) is 4.02. The van der Waals surface area contributed by atoms with Crippen LogP contribution in [0.5, 0.6) is 0 Å². The summed E-state index contributed by atoms with van der Waals surface area (Å²) in [6, 6.07) is 1.15. The zero-order valence-corrected chi connectivity index (χ0v) is 16.1. The first-order chi connectivity index (χ1) is 11.8. The summed E-state index contributed by atoms with van der Waals surface area (Å²) in [5.41, 5.74) is 0. The molecule has 1 N–H and O–H groups in total. The van der Waals surface area contributed by atoms with Crippen LogP contribution in [-0.4, -0.2) is 79.5 Å². The number of carbonyl (C=O) groups is 2. The predicted octanol–water partition coefficient (Wildman–Crippen LogP) is 1.10. The first-order valence-corrected chi connectivity index (χ1v) is 8.82. The van der Waals surface area contributed by atoms with Crippen molar-refractivity contribution in [1.82, 2.24) is 20.1 Å². The topological polar surface area (TPSA) is 68.8 Å². The van der Waals surface area contributed by atoms with Gasteiger partial charge >= 0.3 is 0 Å². The molecular formula is C16H23Cl2N5O2. The summed E-state index contributed by atoms with van der Waals surface area (Å²) in [6.07, 6.45) is 1.58. The van der Waals surface area contributed by atoms with Crippen molar-refractivity contribution in [1.29, 1.82) is 0 Å². The Morgan fingerprint density at radius 1 is 1.28 bits per heavy atom. The van der Waals surface area contributed by atoms with Crippen LogP contribution in [0.15, 0.2) is 12.3 Å². The van der Waals surface area contributed by atoms with E-state index in [2.05, 4.69) is 15.2 Å². The molecule has 138 valence electrons. The van der Waals surface area contributed by atoms with Gasteiger partial charge in [0.15, 0.2) is 0 Å². The van der Waals surface area contributed by atoms with Crippen molar-refractivity contribution in [2.24, 2.45) is 0 Å². The minimum Gasteiger partial charge on any atom is -0.353 e. The summed E-state index contributed by atoms with van der Waals surface area (Å²) in [6.45, 7) is 4.81. The Kier molecular flexibility index (Phi) is 6.87. The molecule has 1 aliphatic heterocycles. The van der Waals surface area contributed by atoms with E-state index in [0.717, 1.165) is 0 Å². The van der Waals surface area contributed by atoms with E-state index in [-0.39, 0.29) is 18.4 Å². The van der Waals surface area contributed by atoms with Crippen LogP contribution in [0.3, 0.4) is 0 Å². The number of halogens is 2. The fourth-order valence-electron chi connectivity index (χ4n) is 2.70. The summed E-state index contributed by atoms with van der Waals surface area (Å²) >= 11 is 12.1. The zero-order chi connectivity index (χ0) is 18.6. The van der Waals surface area contributed by atoms with Gasteiger partial charge in [0.2, 0.25) is 11.8 Å². The van der Waals surface area contributed by atoms with E-state index < -0.39 is 6.04 Å². The highest BCUT2D eigenvalue weighted by molar-refractivity contribution is 6.36. The minimum absolute atomic E-state index is 0.123. The van der Waals surface area contributed by atoms with Crippen LogP contribution in [0.4, 0.5) is 5.82 Å². The third-order valence-corrected chi connectivity index (χ3v) is 4.50. The number of rotatable bonds is 5. The molecule has 2 amide bonds. The van der Waals surface area contributed by atoms with E-state index in [9.17, 15) is 9.59 Å². The molecule has 0 radical (unpaired) electrons. The standard InChI is InChI=1S/C16H23Cl2N5O2/c1-11(16(25)21(2)3)20-14(24)10-22-4-6-23(7-5-22)15-13(18)8-12(17)9-19-15/h8-9,11H,4-7,10H2,1-3H3,(H,20,24). The van der Waals surface area contributed by atoms with Crippen molar-refractivity contribution in [3.63, 3.8) is 0 Å². The molecule has 9 heteroatoms. The van der Waals surface area contributed by atoms with Gasteiger partial charge in [-0.05, 0) is 13.0 Å². The maximum absolute atomic E-state index is 12.1. The molecule has 0 spiro atoms. The van der Waals surface area contributed by atoms with Crippen LogP contribution in [0, 0.1) is 0 Å². The number of hydrogen-bond acceptors (Lipinski definition) is 5. The van der Waals surface area contributed by atoms with Crippen molar-refractivity contribution in [3.8, 4) is 0 Å². The molecule has 2 heterocycles. The van der Waals surface area contributed by atoms with Gasteiger partial charge in [-0.3, -0.25) is 14.5 Å². The number of carbonyl (C=O) groups excluding carboxylic acids is 2. The highest BCUT2D eigenvalue weighted by Gasteiger charge is 2.23. The van der Waals surface area contributed by atoms with Gasteiger partial charge in [-0.2, -0.15) is 0 Å². The molecular weight excluding hydrogens is 365 g/mol. The smallest absolute Gasteiger partial charge is 0.244 e. The largest absolute Gasteiger partial charge is 0.353 e. The fourth-order valence-corrected chi connectivity index (χ4v) is 3.20. The number of hydrogen-bond donors (Lipinski definition) is 1. The summed E-state index contributed by atoms with van der Waals surface area (Å²) in [7, 11) is 3.33. The quantitative estimate of drug-likeness (QED) is 0.819. The average Bonchev–Trinajstić information content (AvgIpc) is 2.55. The molecule has 1 aromatic rings. The number of pyridine rings is 1. The second-order valence-electron chi connectivity index (χ2n) is 6.24. The molecule has 25 heavy (non-hydrogen) atoms. The average molecular weight is 388 g/mol. The van der Waals surface area contributed by atoms with Crippen molar-refractivity contribution < 1.29 is 9.59 Å². The van der Waals surface area contributed by atoms with Gasteiger partial charge in [0.05, 0.1) is 16.6 Å². The lowest BCUT2D eigenvalue weighted by Crippen LogP contribution is -2.52. The maximum atomic E-state index is 12.1. The second kappa shape index (κ2) is 8.69. The molecule has 1 aliphatic rings. The number of anilines is 1. The SMILES string of the molecule is CC(NC(=O)CN1CCN(c2ncc(Cl)cc2Cl)CC1)C(=O)N(C)C. The van der Waals surface area contributed by atoms with Crippen LogP contribution >= 0.6 is 23.2 Å². The number of piperazine rings is 1. The van der Waals surface area contributed by atoms with Gasteiger partial charge in [0, 0.05) is 46.5 Å². The Hall–Kier alpha value is -1.57. The Morgan fingerprint density at radius 2 is 1.92 bits per heavy atom. The zero-order valence-electron chi connectivity index (χ0n) is 14.6. The van der Waals surface area contributed by atoms with Crippen LogP contribution in [0.2, 0.25) is 10.0 Å². The Balaban J connectivity index is 1.82. The number of likely N-dealkylation sites (N-methyl/N-ethyl adjacent to an activating group) is 1. The van der Waals surface area contributed by atoms with Gasteiger partial charge in [-0.15, -0.1) is 0 Å². The first kappa shape index (κ1) is 19.8. The lowest BCUT2D eigenvalue weighted by atomic mass is 10.2. The molecule has 0 aliphatic carbocycles. The van der Waals surface area contributed by atoms with Crippen molar-refractivity contribution >= 4 is 40.8 Å². The summed E-state index contributed by atoms with van der Waals surface area (Å²) in [5.74, 6) is 0.431. The van der Waals surface area contributed by atoms with E-state index in [1.54, 1.807) is 33.3 Å². The van der Waals surface area contributed by atoms with Crippen LogP contribution in [0.25, 0.3) is 0 Å². The highest BCUT2D eigenvalue weighted by atomic mass is 35.5. The predicted molar refractivity (Wildman–Crippen MR) is 99.2 cm³/mol. The third kappa shape index (κ3) is 5.45. The van der Waals surface area contributed by atoms with Gasteiger partial charge in [0.1, 0.15) is 11.9 Å². The van der Waals surface area contributed by atoms with Gasteiger partial charge in [0.25, 0.3) is 0 Å². The van der Waals surface area contributed by atoms with E-state index in [0.29, 0.717) is 42.0 Å². The molecule has 1 atom stereocenters. The number of aromatic nitrogens is 1. The number of nitrogens with zero attached hydrogens (tertiary/aromatic N) is 4. The molecule has 2 rings (SSSR count). The highest BCUT2D eigenvalue weighted by Crippen LogP contribution is 2.26. The van der Waals surface area contributed by atoms with Gasteiger partial charge in [-0.25, -0.2) is 4.98 Å². The molecule has 0 aromatic carbocycles. The molecule has 7 nitrogen and oxygen atoms in total. The lowest BCUT2D eigenvalue weighted by molar-refractivity contribution is -0.134. The Bertz CT molecular complexity index is 633. The monoisotopic (exact) mass is 387 g/mol. The maximum Gasteiger partial charge on any atom is 0.244 e. The van der Waals surface area contributed by atoms with E-state index in [4.69, 9.17) is 23.2 Å². The van der Waals surface area contributed by atoms with Crippen LogP contribution in [0.1, 0.15) is 6.92 Å². The normalized spacial score (nSPS) is 16.4. The Labute approximate surface area is 157 Å². The molecule has 1 aromatic heterocycles. The second-order valence-corrected chi connectivity index (χ2v) is 7.09. The minimum atomic E-state index is -0.527. The summed E-state index contributed by atoms with van der Waals surface area (Å²) < 4.78 is 0. The number of nitrogens with one attached hydrogen (secondary N) is 1. The number of amides is 2. The summed E-state index contributed by atoms with van der Waals surface area (Å²) in [5, 5.41) is 3.76. The van der Waals surface area contributed by atoms with Crippen LogP contribution < -0.4 is 10.2 Å². The van der Waals surface area contributed by atoms with Gasteiger partial charge in [-0.1, -0.05) is 23.2 Å². The van der Waals surface area contributed by atoms with Crippen LogP contribution in [-0.2, 0) is 9.59 Å². The Morgan fingerprint density at radius 3 is 2.48 bits per heavy atom. The lowest BCUT2D eigenvalue weighted by Gasteiger charge is -2.35. The van der Waals surface area contributed by atoms with E-state index >= 15 is 0 Å². The first-order valence-electron chi connectivity index (χ1n) is 8.07. The molecule has 1 saturated heterocycles. The molecule has 1 unspecified atom stereocenters. The van der Waals surface area contributed by atoms with Crippen molar-refractivity contribution in [3.05, 3.63) is 22.3 Å². The summed E-state index contributed by atoms with van der Waals surface area (Å²) in [4.78, 5) is 33.8. The van der Waals surface area contributed by atoms with Crippen molar-refractivity contribution in [2.75, 3.05) is 51.7 Å². The fraction of sp³-hybridized carbons (Fsp3) is 0.562.